The first kappa shape index (κ1) is 7.12. The van der Waals surface area contributed by atoms with Crippen molar-refractivity contribution < 1.29 is 9.53 Å². The monoisotopic (exact) mass is 141 g/mol. The van der Waals surface area contributed by atoms with Gasteiger partial charge in [0.2, 0.25) is 0 Å². The molecule has 2 N–H and O–H groups in total. The van der Waals surface area contributed by atoms with Gasteiger partial charge in [-0.2, -0.15) is 0 Å². The van der Waals surface area contributed by atoms with Gasteiger partial charge in [0.1, 0.15) is 6.10 Å². The van der Waals surface area contributed by atoms with Crippen LogP contribution in [0.4, 0.5) is 4.79 Å². The highest BCUT2D eigenvalue weighted by Gasteiger charge is 2.38. The fourth-order valence-corrected chi connectivity index (χ4v) is 0.975. The SMILES string of the molecule is C=CCC1CC1OC(N)=O. The Hall–Kier alpha value is -0.990. The van der Waals surface area contributed by atoms with E-state index in [1.807, 2.05) is 6.08 Å². The smallest absolute Gasteiger partial charge is 0.404 e. The number of ether oxygens (including phenoxy) is 1. The number of hydrogen-bond donors (Lipinski definition) is 1. The Morgan fingerprint density at radius 1 is 1.90 bits per heavy atom. The molecule has 1 saturated carbocycles. The first-order valence-electron chi connectivity index (χ1n) is 3.31. The number of primary amides is 1. The van der Waals surface area contributed by atoms with E-state index in [0.717, 1.165) is 12.8 Å². The van der Waals surface area contributed by atoms with Crippen molar-refractivity contribution in [3.8, 4) is 0 Å². The number of rotatable bonds is 3. The normalized spacial score (nSPS) is 29.2. The predicted octanol–water partition coefficient (Wildman–Crippen LogP) is 1.05. The van der Waals surface area contributed by atoms with Crippen molar-refractivity contribution in [3.63, 3.8) is 0 Å². The molecular formula is C7H11NO2. The zero-order chi connectivity index (χ0) is 7.56. The van der Waals surface area contributed by atoms with Crippen molar-refractivity contribution >= 4 is 6.09 Å². The predicted molar refractivity (Wildman–Crippen MR) is 37.4 cm³/mol. The minimum absolute atomic E-state index is 0.0653. The van der Waals surface area contributed by atoms with Crippen LogP contribution < -0.4 is 5.73 Å². The van der Waals surface area contributed by atoms with E-state index in [-0.39, 0.29) is 6.10 Å². The van der Waals surface area contributed by atoms with E-state index >= 15 is 0 Å². The van der Waals surface area contributed by atoms with Crippen LogP contribution >= 0.6 is 0 Å². The third-order valence-electron chi connectivity index (χ3n) is 1.59. The molecule has 10 heavy (non-hydrogen) atoms. The van der Waals surface area contributed by atoms with Crippen LogP contribution in [0, 0.1) is 5.92 Å². The van der Waals surface area contributed by atoms with E-state index in [9.17, 15) is 4.79 Å². The van der Waals surface area contributed by atoms with Gasteiger partial charge in [-0.3, -0.25) is 0 Å². The van der Waals surface area contributed by atoms with Gasteiger partial charge in [0.05, 0.1) is 0 Å². The van der Waals surface area contributed by atoms with Gasteiger partial charge in [0, 0.05) is 5.92 Å². The molecule has 1 aliphatic rings. The summed E-state index contributed by atoms with van der Waals surface area (Å²) in [5.41, 5.74) is 4.80. The quantitative estimate of drug-likeness (QED) is 0.597. The molecule has 3 heteroatoms. The molecular weight excluding hydrogens is 130 g/mol. The summed E-state index contributed by atoms with van der Waals surface area (Å²) >= 11 is 0. The Morgan fingerprint density at radius 2 is 2.60 bits per heavy atom. The van der Waals surface area contributed by atoms with Crippen molar-refractivity contribution in [1.29, 1.82) is 0 Å². The Balaban J connectivity index is 2.13. The molecule has 1 rings (SSSR count). The molecule has 0 spiro atoms. The zero-order valence-corrected chi connectivity index (χ0v) is 5.75. The summed E-state index contributed by atoms with van der Waals surface area (Å²) in [6, 6.07) is 0. The van der Waals surface area contributed by atoms with E-state index < -0.39 is 6.09 Å². The largest absolute Gasteiger partial charge is 0.446 e. The third-order valence-corrected chi connectivity index (χ3v) is 1.59. The summed E-state index contributed by atoms with van der Waals surface area (Å²) in [4.78, 5) is 10.2. The molecule has 0 radical (unpaired) electrons. The minimum Gasteiger partial charge on any atom is -0.446 e. The van der Waals surface area contributed by atoms with Crippen molar-refractivity contribution in [2.45, 2.75) is 18.9 Å². The molecule has 0 bridgehead atoms. The van der Waals surface area contributed by atoms with Crippen LogP contribution in [-0.4, -0.2) is 12.2 Å². The van der Waals surface area contributed by atoms with Crippen LogP contribution in [-0.2, 0) is 4.74 Å². The lowest BCUT2D eigenvalue weighted by Gasteiger charge is -1.96. The van der Waals surface area contributed by atoms with Gasteiger partial charge in [-0.25, -0.2) is 4.79 Å². The molecule has 0 aromatic rings. The maximum absolute atomic E-state index is 10.2. The molecule has 0 aliphatic heterocycles. The van der Waals surface area contributed by atoms with E-state index in [2.05, 4.69) is 6.58 Å². The van der Waals surface area contributed by atoms with Gasteiger partial charge in [0.25, 0.3) is 0 Å². The molecule has 0 aromatic heterocycles. The molecule has 1 amide bonds. The maximum Gasteiger partial charge on any atom is 0.404 e. The first-order chi connectivity index (χ1) is 4.74. The average molecular weight is 141 g/mol. The van der Waals surface area contributed by atoms with Crippen molar-refractivity contribution in [2.24, 2.45) is 11.7 Å². The second kappa shape index (κ2) is 2.73. The number of hydrogen-bond acceptors (Lipinski definition) is 2. The molecule has 2 atom stereocenters. The summed E-state index contributed by atoms with van der Waals surface area (Å²) in [5, 5.41) is 0. The van der Waals surface area contributed by atoms with Crippen molar-refractivity contribution in [1.82, 2.24) is 0 Å². The molecule has 1 fully saturated rings. The lowest BCUT2D eigenvalue weighted by Crippen LogP contribution is -2.15. The van der Waals surface area contributed by atoms with Gasteiger partial charge in [-0.1, -0.05) is 6.08 Å². The summed E-state index contributed by atoms with van der Waals surface area (Å²) in [7, 11) is 0. The van der Waals surface area contributed by atoms with Crippen molar-refractivity contribution in [3.05, 3.63) is 12.7 Å². The van der Waals surface area contributed by atoms with Crippen LogP contribution in [0.3, 0.4) is 0 Å². The van der Waals surface area contributed by atoms with E-state index in [1.165, 1.54) is 0 Å². The fraction of sp³-hybridized carbons (Fsp3) is 0.571. The number of allylic oxidation sites excluding steroid dienone is 1. The standard InChI is InChI=1S/C7H11NO2/c1-2-3-5-4-6(5)10-7(8)9/h2,5-6H,1,3-4H2,(H2,8,9). The van der Waals surface area contributed by atoms with E-state index in [0.29, 0.717) is 5.92 Å². The molecule has 0 aromatic carbocycles. The average Bonchev–Trinajstić information content (AvgIpc) is 2.47. The fourth-order valence-electron chi connectivity index (χ4n) is 0.975. The summed E-state index contributed by atoms with van der Waals surface area (Å²) in [5.74, 6) is 0.477. The van der Waals surface area contributed by atoms with E-state index in [4.69, 9.17) is 10.5 Å². The molecule has 2 unspecified atom stereocenters. The van der Waals surface area contributed by atoms with E-state index in [1.54, 1.807) is 0 Å². The molecule has 1 aliphatic carbocycles. The Morgan fingerprint density at radius 3 is 3.10 bits per heavy atom. The number of amides is 1. The van der Waals surface area contributed by atoms with Crippen LogP contribution in [0.5, 0.6) is 0 Å². The lowest BCUT2D eigenvalue weighted by atomic mass is 10.3. The number of nitrogens with two attached hydrogens (primary N) is 1. The molecule has 56 valence electrons. The van der Waals surface area contributed by atoms with Gasteiger partial charge in [0.15, 0.2) is 0 Å². The Bertz CT molecular complexity index is 156. The second-order valence-corrected chi connectivity index (χ2v) is 2.50. The minimum atomic E-state index is -0.670. The first-order valence-corrected chi connectivity index (χ1v) is 3.31. The van der Waals surface area contributed by atoms with Crippen LogP contribution in [0.25, 0.3) is 0 Å². The third kappa shape index (κ3) is 1.76. The van der Waals surface area contributed by atoms with Gasteiger partial charge in [-0.05, 0) is 12.8 Å². The lowest BCUT2D eigenvalue weighted by molar-refractivity contribution is 0.144. The maximum atomic E-state index is 10.2. The number of carbonyl (C=O) groups is 1. The summed E-state index contributed by atoms with van der Waals surface area (Å²) in [6.45, 7) is 3.58. The number of carbonyl (C=O) groups excluding carboxylic acids is 1. The molecule has 3 nitrogen and oxygen atoms in total. The Kier molecular flexibility index (Phi) is 1.94. The summed E-state index contributed by atoms with van der Waals surface area (Å²) < 4.78 is 4.72. The highest BCUT2D eigenvalue weighted by atomic mass is 16.6. The second-order valence-electron chi connectivity index (χ2n) is 2.50. The van der Waals surface area contributed by atoms with Gasteiger partial charge < -0.3 is 10.5 Å². The highest BCUT2D eigenvalue weighted by Crippen LogP contribution is 2.36. The zero-order valence-electron chi connectivity index (χ0n) is 5.75. The van der Waals surface area contributed by atoms with Crippen LogP contribution in [0.1, 0.15) is 12.8 Å². The van der Waals surface area contributed by atoms with Crippen LogP contribution in [0.15, 0.2) is 12.7 Å². The highest BCUT2D eigenvalue weighted by molar-refractivity contribution is 5.65. The Labute approximate surface area is 59.8 Å². The summed E-state index contributed by atoms with van der Waals surface area (Å²) in [6.07, 6.45) is 3.08. The van der Waals surface area contributed by atoms with Gasteiger partial charge in [-0.15, -0.1) is 6.58 Å². The van der Waals surface area contributed by atoms with Crippen LogP contribution in [0.2, 0.25) is 0 Å². The van der Waals surface area contributed by atoms with Crippen molar-refractivity contribution in [2.75, 3.05) is 0 Å². The molecule has 0 saturated heterocycles. The van der Waals surface area contributed by atoms with Gasteiger partial charge >= 0.3 is 6.09 Å². The topological polar surface area (TPSA) is 52.3 Å². The molecule has 0 heterocycles.